The van der Waals surface area contributed by atoms with E-state index in [0.717, 1.165) is 11.3 Å². The van der Waals surface area contributed by atoms with E-state index >= 15 is 0 Å². The Bertz CT molecular complexity index is 705. The number of hydrogen-bond acceptors (Lipinski definition) is 3. The lowest BCUT2D eigenvalue weighted by molar-refractivity contribution is -0.139. The molecule has 118 valence electrons. The molecule has 3 fully saturated rings. The van der Waals surface area contributed by atoms with Crippen LogP contribution >= 0.6 is 0 Å². The van der Waals surface area contributed by atoms with Crippen molar-refractivity contribution >= 4 is 17.5 Å². The van der Waals surface area contributed by atoms with E-state index in [9.17, 15) is 9.59 Å². The lowest BCUT2D eigenvalue weighted by atomic mass is 9.63. The summed E-state index contributed by atoms with van der Waals surface area (Å²) in [7, 11) is 0. The second-order valence-corrected chi connectivity index (χ2v) is 7.41. The summed E-state index contributed by atoms with van der Waals surface area (Å²) in [6.07, 6.45) is 5.63. The van der Waals surface area contributed by atoms with Crippen LogP contribution in [0.2, 0.25) is 0 Å². The third kappa shape index (κ3) is 1.72. The van der Waals surface area contributed by atoms with Gasteiger partial charge < -0.3 is 5.32 Å². The highest BCUT2D eigenvalue weighted by molar-refractivity contribution is 6.06. The number of nitrogens with one attached hydrogen (secondary N) is 1. The zero-order valence-corrected chi connectivity index (χ0v) is 13.1. The maximum atomic E-state index is 12.8. The first-order chi connectivity index (χ1) is 11.2. The Balaban J connectivity index is 1.38. The molecular weight excluding hydrogens is 288 g/mol. The van der Waals surface area contributed by atoms with E-state index in [-0.39, 0.29) is 30.3 Å². The van der Waals surface area contributed by atoms with Gasteiger partial charge in [0.1, 0.15) is 0 Å². The maximum absolute atomic E-state index is 12.8. The molecule has 0 radical (unpaired) electrons. The fourth-order valence-electron chi connectivity index (χ4n) is 5.11. The van der Waals surface area contributed by atoms with E-state index in [1.54, 1.807) is 0 Å². The van der Waals surface area contributed by atoms with E-state index in [0.29, 0.717) is 23.7 Å². The molecule has 0 spiro atoms. The molecule has 2 bridgehead atoms. The number of carbonyl (C=O) groups excluding carboxylic acids is 2. The summed E-state index contributed by atoms with van der Waals surface area (Å²) in [5.74, 6) is 1.79. The fraction of sp³-hybridized carbons (Fsp3) is 0.474. The minimum Gasteiger partial charge on any atom is -0.367 e. The molecule has 1 aromatic rings. The Morgan fingerprint density at radius 2 is 1.65 bits per heavy atom. The molecule has 4 aliphatic carbocycles. The molecule has 0 unspecified atom stereocenters. The number of hydrogen-bond donors (Lipinski definition) is 1. The minimum absolute atomic E-state index is 0.0331. The number of imide groups is 1. The van der Waals surface area contributed by atoms with E-state index in [1.165, 1.54) is 11.3 Å². The quantitative estimate of drug-likeness (QED) is 0.689. The number of amides is 2. The molecule has 2 saturated carbocycles. The Morgan fingerprint density at radius 3 is 2.26 bits per heavy atom. The smallest absolute Gasteiger partial charge is 0.235 e. The van der Waals surface area contributed by atoms with Crippen molar-refractivity contribution in [2.45, 2.75) is 13.3 Å². The summed E-state index contributed by atoms with van der Waals surface area (Å²) >= 11 is 0. The first-order valence-corrected chi connectivity index (χ1v) is 8.50. The van der Waals surface area contributed by atoms with E-state index in [2.05, 4.69) is 17.5 Å². The zero-order chi connectivity index (χ0) is 15.7. The van der Waals surface area contributed by atoms with Crippen molar-refractivity contribution in [2.24, 2.45) is 35.5 Å². The van der Waals surface area contributed by atoms with Gasteiger partial charge in [0, 0.05) is 5.69 Å². The third-order valence-electron chi connectivity index (χ3n) is 6.33. The summed E-state index contributed by atoms with van der Waals surface area (Å²) < 4.78 is 0. The molecule has 1 aliphatic heterocycles. The van der Waals surface area contributed by atoms with Gasteiger partial charge in [-0.05, 0) is 48.6 Å². The van der Waals surface area contributed by atoms with Crippen molar-refractivity contribution in [1.82, 2.24) is 4.90 Å². The van der Waals surface area contributed by atoms with E-state index < -0.39 is 0 Å². The van der Waals surface area contributed by atoms with Crippen LogP contribution in [-0.2, 0) is 9.59 Å². The largest absolute Gasteiger partial charge is 0.367 e. The van der Waals surface area contributed by atoms with Gasteiger partial charge in [-0.3, -0.25) is 14.5 Å². The standard InChI is InChI=1S/C19H20N2O2/c1-10-4-2-3-5-15(10)20-9-21-18(22)16-11-6-7-12(14-8-13(11)14)17(16)19(21)23/h2-7,11-14,16-17,20H,8-9H2,1H3/t11-,12-,13-,14-,16+,17+/m0/s1. The Hall–Kier alpha value is -2.10. The first kappa shape index (κ1) is 13.3. The molecule has 23 heavy (non-hydrogen) atoms. The molecule has 5 aliphatic rings. The Kier molecular flexibility index (Phi) is 2.59. The van der Waals surface area contributed by atoms with E-state index in [1.807, 2.05) is 31.2 Å². The molecule has 1 aromatic carbocycles. The molecule has 4 nitrogen and oxygen atoms in total. The summed E-state index contributed by atoms with van der Waals surface area (Å²) in [6, 6.07) is 7.94. The fourth-order valence-corrected chi connectivity index (χ4v) is 5.11. The molecule has 6 atom stereocenters. The highest BCUT2D eigenvalue weighted by atomic mass is 16.2. The van der Waals surface area contributed by atoms with Crippen LogP contribution in [0.5, 0.6) is 0 Å². The Morgan fingerprint density at radius 1 is 1.04 bits per heavy atom. The van der Waals surface area contributed by atoms with Gasteiger partial charge in [-0.1, -0.05) is 30.4 Å². The summed E-state index contributed by atoms with van der Waals surface area (Å²) in [4.78, 5) is 27.1. The molecule has 0 aromatic heterocycles. The van der Waals surface area contributed by atoms with Crippen LogP contribution in [0.3, 0.4) is 0 Å². The highest BCUT2D eigenvalue weighted by Crippen LogP contribution is 2.65. The number of benzene rings is 1. The van der Waals surface area contributed by atoms with Crippen molar-refractivity contribution in [2.75, 3.05) is 12.0 Å². The number of para-hydroxylation sites is 1. The number of aryl methyl sites for hydroxylation is 1. The minimum atomic E-state index is -0.0973. The molecule has 1 N–H and O–H groups in total. The molecule has 2 amide bonds. The number of anilines is 1. The van der Waals surface area contributed by atoms with E-state index in [4.69, 9.17) is 0 Å². The van der Waals surface area contributed by atoms with Crippen molar-refractivity contribution in [3.63, 3.8) is 0 Å². The van der Waals surface area contributed by atoms with Crippen LogP contribution in [0.4, 0.5) is 5.69 Å². The average Bonchev–Trinajstić information content (AvgIpc) is 3.33. The van der Waals surface area contributed by atoms with Crippen LogP contribution in [0.25, 0.3) is 0 Å². The van der Waals surface area contributed by atoms with Crippen molar-refractivity contribution < 1.29 is 9.59 Å². The SMILES string of the molecule is Cc1ccccc1NCN1C(=O)[C@@H]2[C@H]3C=C[C@@H]([C@@H]4C[C@@H]34)[C@H]2C1=O. The zero-order valence-electron chi connectivity index (χ0n) is 13.1. The van der Waals surface area contributed by atoms with Crippen molar-refractivity contribution in [1.29, 1.82) is 0 Å². The van der Waals surface area contributed by atoms with Gasteiger partial charge in [0.15, 0.2) is 0 Å². The van der Waals surface area contributed by atoms with Crippen LogP contribution in [0.15, 0.2) is 36.4 Å². The number of rotatable bonds is 3. The monoisotopic (exact) mass is 308 g/mol. The topological polar surface area (TPSA) is 49.4 Å². The van der Waals surface area contributed by atoms with Gasteiger partial charge in [0.25, 0.3) is 0 Å². The molecule has 1 heterocycles. The second-order valence-electron chi connectivity index (χ2n) is 7.41. The molecule has 4 heteroatoms. The number of likely N-dealkylation sites (tertiary alicyclic amines) is 1. The lowest BCUT2D eigenvalue weighted by Crippen LogP contribution is -2.40. The number of carbonyl (C=O) groups is 2. The predicted octanol–water partition coefficient (Wildman–Crippen LogP) is 2.42. The van der Waals surface area contributed by atoms with Gasteiger partial charge in [-0.15, -0.1) is 0 Å². The lowest BCUT2D eigenvalue weighted by Gasteiger charge is -2.37. The van der Waals surface area contributed by atoms with Crippen LogP contribution in [0, 0.1) is 42.4 Å². The molecule has 6 rings (SSSR count). The average molecular weight is 308 g/mol. The summed E-state index contributed by atoms with van der Waals surface area (Å²) in [6.45, 7) is 2.30. The summed E-state index contributed by atoms with van der Waals surface area (Å²) in [5, 5.41) is 3.26. The van der Waals surface area contributed by atoms with Crippen molar-refractivity contribution in [3.05, 3.63) is 42.0 Å². The highest BCUT2D eigenvalue weighted by Gasteiger charge is 2.66. The van der Waals surface area contributed by atoms with Crippen LogP contribution < -0.4 is 5.32 Å². The number of nitrogens with zero attached hydrogens (tertiary/aromatic N) is 1. The van der Waals surface area contributed by atoms with Gasteiger partial charge in [0.2, 0.25) is 11.8 Å². The van der Waals surface area contributed by atoms with Gasteiger partial charge in [0.05, 0.1) is 18.5 Å². The van der Waals surface area contributed by atoms with Crippen LogP contribution in [-0.4, -0.2) is 23.4 Å². The Labute approximate surface area is 135 Å². The predicted molar refractivity (Wildman–Crippen MR) is 86.2 cm³/mol. The molecular formula is C19H20N2O2. The molecule has 1 saturated heterocycles. The first-order valence-electron chi connectivity index (χ1n) is 8.50. The second kappa shape index (κ2) is 4.47. The number of allylic oxidation sites excluding steroid dienone is 2. The van der Waals surface area contributed by atoms with Gasteiger partial charge in [-0.25, -0.2) is 0 Å². The van der Waals surface area contributed by atoms with Gasteiger partial charge >= 0.3 is 0 Å². The summed E-state index contributed by atoms with van der Waals surface area (Å²) in [5.41, 5.74) is 2.10. The van der Waals surface area contributed by atoms with Gasteiger partial charge in [-0.2, -0.15) is 0 Å². The van der Waals surface area contributed by atoms with Crippen LogP contribution in [0.1, 0.15) is 12.0 Å². The maximum Gasteiger partial charge on any atom is 0.235 e. The third-order valence-corrected chi connectivity index (χ3v) is 6.33. The van der Waals surface area contributed by atoms with Crippen molar-refractivity contribution in [3.8, 4) is 0 Å². The normalized spacial score (nSPS) is 39.4.